The lowest BCUT2D eigenvalue weighted by Crippen LogP contribution is -2.23. The molecule has 0 aliphatic carbocycles. The van der Waals surface area contributed by atoms with Crippen LogP contribution in [0.4, 0.5) is 0 Å². The van der Waals surface area contributed by atoms with Gasteiger partial charge in [-0.1, -0.05) is 51.1 Å². The van der Waals surface area contributed by atoms with Crippen LogP contribution in [0.5, 0.6) is 5.88 Å². The number of halogens is 1. The number of aromatic nitrogens is 1. The highest BCUT2D eigenvalue weighted by molar-refractivity contribution is 9.10. The van der Waals surface area contributed by atoms with Crippen molar-refractivity contribution in [3.63, 3.8) is 0 Å². The molecule has 1 aromatic heterocycles. The number of carbonyl (C=O) groups excluding carboxylic acids is 1. The van der Waals surface area contributed by atoms with Gasteiger partial charge in [0, 0.05) is 18.0 Å². The zero-order valence-corrected chi connectivity index (χ0v) is 17.8. The summed E-state index contributed by atoms with van der Waals surface area (Å²) >= 11 is 3.46. The molecule has 1 aliphatic rings. The van der Waals surface area contributed by atoms with E-state index in [1.807, 2.05) is 12.1 Å². The van der Waals surface area contributed by atoms with Crippen molar-refractivity contribution in [3.05, 3.63) is 63.8 Å². The zero-order chi connectivity index (χ0) is 19.6. The van der Waals surface area contributed by atoms with E-state index in [0.29, 0.717) is 12.3 Å². The maximum absolute atomic E-state index is 11.6. The van der Waals surface area contributed by atoms with Crippen LogP contribution in [0.25, 0.3) is 5.57 Å². The number of nitrogens with one attached hydrogen (secondary N) is 1. The molecule has 1 N–H and O–H groups in total. The number of nitrogens with zero attached hydrogens (tertiary/aromatic N) is 1. The van der Waals surface area contributed by atoms with Gasteiger partial charge in [-0.25, -0.2) is 4.98 Å². The number of ether oxygens (including phenoxy) is 1. The molecular formula is C22H25BrN2O2. The van der Waals surface area contributed by atoms with Gasteiger partial charge in [0.1, 0.15) is 0 Å². The fourth-order valence-corrected chi connectivity index (χ4v) is 3.54. The highest BCUT2D eigenvalue weighted by Gasteiger charge is 2.21. The van der Waals surface area contributed by atoms with E-state index in [2.05, 4.69) is 77.3 Å². The molecule has 0 saturated carbocycles. The van der Waals surface area contributed by atoms with Gasteiger partial charge in [0.25, 0.3) is 0 Å². The number of methoxy groups -OCH3 is 1. The first kappa shape index (κ1) is 19.6. The number of rotatable bonds is 4. The molecule has 3 rings (SSSR count). The third-order valence-corrected chi connectivity index (χ3v) is 5.35. The molecule has 1 fully saturated rings. The Morgan fingerprint density at radius 1 is 1.22 bits per heavy atom. The smallest absolute Gasteiger partial charge is 0.228 e. The maximum Gasteiger partial charge on any atom is 0.228 e. The lowest BCUT2D eigenvalue weighted by atomic mass is 9.86. The zero-order valence-electron chi connectivity index (χ0n) is 16.2. The van der Waals surface area contributed by atoms with Crippen molar-refractivity contribution in [2.45, 2.75) is 45.1 Å². The van der Waals surface area contributed by atoms with Crippen molar-refractivity contribution in [2.75, 3.05) is 7.11 Å². The van der Waals surface area contributed by atoms with Crippen LogP contribution in [0.15, 0.2) is 46.9 Å². The Labute approximate surface area is 169 Å². The number of pyridine rings is 1. The molecule has 142 valence electrons. The third-order valence-electron chi connectivity index (χ3n) is 4.74. The Morgan fingerprint density at radius 3 is 2.48 bits per heavy atom. The molecule has 5 heteroatoms. The first-order chi connectivity index (χ1) is 12.8. The fraction of sp³-hybridized carbons (Fsp3) is 0.364. The quantitative estimate of drug-likeness (QED) is 0.755. The fourth-order valence-electron chi connectivity index (χ4n) is 3.16. The van der Waals surface area contributed by atoms with Crippen molar-refractivity contribution in [1.29, 1.82) is 0 Å². The van der Waals surface area contributed by atoms with Crippen LogP contribution in [0.2, 0.25) is 0 Å². The number of benzene rings is 1. The number of amides is 1. The molecule has 0 spiro atoms. The predicted molar refractivity (Wildman–Crippen MR) is 112 cm³/mol. The minimum atomic E-state index is 0.0197. The van der Waals surface area contributed by atoms with E-state index >= 15 is 0 Å². The summed E-state index contributed by atoms with van der Waals surface area (Å²) < 4.78 is 6.18. The highest BCUT2D eigenvalue weighted by atomic mass is 79.9. The summed E-state index contributed by atoms with van der Waals surface area (Å²) in [5.41, 5.74) is 4.26. The summed E-state index contributed by atoms with van der Waals surface area (Å²) in [4.78, 5) is 16.3. The van der Waals surface area contributed by atoms with Gasteiger partial charge in [-0.3, -0.25) is 4.79 Å². The van der Waals surface area contributed by atoms with Crippen LogP contribution < -0.4 is 10.1 Å². The monoisotopic (exact) mass is 428 g/mol. The Kier molecular flexibility index (Phi) is 5.70. The second kappa shape index (κ2) is 7.85. The summed E-state index contributed by atoms with van der Waals surface area (Å²) in [6.45, 7) is 6.61. The predicted octanol–water partition coefficient (Wildman–Crippen LogP) is 4.86. The van der Waals surface area contributed by atoms with Crippen molar-refractivity contribution in [1.82, 2.24) is 10.3 Å². The van der Waals surface area contributed by atoms with Crippen molar-refractivity contribution >= 4 is 27.4 Å². The molecule has 1 aromatic carbocycles. The first-order valence-electron chi connectivity index (χ1n) is 9.11. The first-order valence-corrected chi connectivity index (χ1v) is 9.90. The summed E-state index contributed by atoms with van der Waals surface area (Å²) in [5, 5.41) is 3.02. The average Bonchev–Trinajstić information content (AvgIpc) is 3.05. The van der Waals surface area contributed by atoms with Crippen LogP contribution in [0, 0.1) is 0 Å². The van der Waals surface area contributed by atoms with Gasteiger partial charge in [0.15, 0.2) is 0 Å². The Bertz CT molecular complexity index is 867. The van der Waals surface area contributed by atoms with E-state index in [1.54, 1.807) is 7.11 Å². The van der Waals surface area contributed by atoms with E-state index in [9.17, 15) is 4.79 Å². The minimum absolute atomic E-state index is 0.0197. The normalized spacial score (nSPS) is 17.7. The molecule has 1 amide bonds. The standard InChI is InChI=1S/C22H25BrN2O2/c1-22(2,3)15-7-5-14(6-8-15)17(13-16-9-12-20(26)24-16)19-11-10-18(23)21(25-19)27-4/h5-8,10-11,13,16H,9,12H2,1-4H3,(H,24,26)/b17-13+/t16-/m1/s1. The second-order valence-corrected chi connectivity index (χ2v) is 8.66. The van der Waals surface area contributed by atoms with Crippen molar-refractivity contribution < 1.29 is 9.53 Å². The highest BCUT2D eigenvalue weighted by Crippen LogP contribution is 2.31. The van der Waals surface area contributed by atoms with Crippen molar-refractivity contribution in [2.24, 2.45) is 0 Å². The lowest BCUT2D eigenvalue weighted by molar-refractivity contribution is -0.119. The summed E-state index contributed by atoms with van der Waals surface area (Å²) in [6.07, 6.45) is 3.47. The molecule has 1 saturated heterocycles. The Balaban J connectivity index is 2.05. The topological polar surface area (TPSA) is 51.2 Å². The molecule has 2 aromatic rings. The maximum atomic E-state index is 11.6. The van der Waals surface area contributed by atoms with E-state index in [0.717, 1.165) is 27.7 Å². The molecule has 0 bridgehead atoms. The minimum Gasteiger partial charge on any atom is -0.480 e. The van der Waals surface area contributed by atoms with Gasteiger partial charge < -0.3 is 10.1 Å². The summed E-state index contributed by atoms with van der Waals surface area (Å²) in [5.74, 6) is 0.639. The Morgan fingerprint density at radius 2 is 1.93 bits per heavy atom. The van der Waals surface area contributed by atoms with Gasteiger partial charge in [-0.2, -0.15) is 0 Å². The SMILES string of the molecule is COc1nc(/C(=C/[C@H]2CCC(=O)N2)c2ccc(C(C)(C)C)cc2)ccc1Br. The molecule has 4 nitrogen and oxygen atoms in total. The Hall–Kier alpha value is -2.14. The number of carbonyl (C=O) groups is 1. The van der Waals surface area contributed by atoms with Gasteiger partial charge in [0.2, 0.25) is 11.8 Å². The van der Waals surface area contributed by atoms with Crippen LogP contribution in [0.3, 0.4) is 0 Å². The molecule has 0 radical (unpaired) electrons. The van der Waals surface area contributed by atoms with Gasteiger partial charge in [0.05, 0.1) is 17.3 Å². The number of hydrogen-bond acceptors (Lipinski definition) is 3. The van der Waals surface area contributed by atoms with Gasteiger partial charge in [-0.05, 0) is 51.0 Å². The van der Waals surface area contributed by atoms with E-state index in [-0.39, 0.29) is 17.4 Å². The molecule has 1 atom stereocenters. The van der Waals surface area contributed by atoms with Crippen LogP contribution in [-0.4, -0.2) is 24.0 Å². The molecule has 2 heterocycles. The van der Waals surface area contributed by atoms with Gasteiger partial charge in [-0.15, -0.1) is 0 Å². The molecular weight excluding hydrogens is 404 g/mol. The van der Waals surface area contributed by atoms with E-state index in [4.69, 9.17) is 4.74 Å². The summed E-state index contributed by atoms with van der Waals surface area (Å²) in [7, 11) is 1.61. The number of hydrogen-bond donors (Lipinski definition) is 1. The van der Waals surface area contributed by atoms with Crippen LogP contribution >= 0.6 is 15.9 Å². The van der Waals surface area contributed by atoms with Crippen LogP contribution in [-0.2, 0) is 10.2 Å². The van der Waals surface area contributed by atoms with Crippen molar-refractivity contribution in [3.8, 4) is 5.88 Å². The third kappa shape index (κ3) is 4.59. The van der Waals surface area contributed by atoms with Gasteiger partial charge >= 0.3 is 0 Å². The van der Waals surface area contributed by atoms with E-state index in [1.165, 1.54) is 5.56 Å². The molecule has 0 unspecified atom stereocenters. The molecule has 1 aliphatic heterocycles. The van der Waals surface area contributed by atoms with E-state index < -0.39 is 0 Å². The lowest BCUT2D eigenvalue weighted by Gasteiger charge is -2.20. The van der Waals surface area contributed by atoms with Crippen LogP contribution in [0.1, 0.15) is 50.4 Å². The average molecular weight is 429 g/mol. The molecule has 27 heavy (non-hydrogen) atoms. The largest absolute Gasteiger partial charge is 0.480 e. The second-order valence-electron chi connectivity index (χ2n) is 7.81. The summed E-state index contributed by atoms with van der Waals surface area (Å²) in [6, 6.07) is 12.5.